The number of aryl methyl sites for hydroxylation is 2. The summed E-state index contributed by atoms with van der Waals surface area (Å²) >= 11 is 0. The van der Waals surface area contributed by atoms with E-state index in [-0.39, 0.29) is 11.5 Å². The number of amides is 1. The number of hydrogen-bond donors (Lipinski definition) is 2. The summed E-state index contributed by atoms with van der Waals surface area (Å²) in [6.45, 7) is 5.67. The number of nitrogens with zero attached hydrogens (tertiary/aromatic N) is 3. The molecule has 7 heteroatoms. The first-order valence-corrected chi connectivity index (χ1v) is 10.3. The Morgan fingerprint density at radius 1 is 1.30 bits per heavy atom. The molecule has 0 aromatic carbocycles. The molecule has 2 N–H and O–H groups in total. The van der Waals surface area contributed by atoms with Gasteiger partial charge in [0, 0.05) is 38.1 Å². The molecule has 4 rings (SSSR count). The van der Waals surface area contributed by atoms with Gasteiger partial charge in [-0.2, -0.15) is 0 Å². The van der Waals surface area contributed by atoms with Crippen molar-refractivity contribution in [1.29, 1.82) is 0 Å². The number of anilines is 1. The minimum Gasteiger partial charge on any atom is -0.366 e. The van der Waals surface area contributed by atoms with Gasteiger partial charge in [0.05, 0.1) is 11.4 Å². The van der Waals surface area contributed by atoms with Crippen LogP contribution in [0.25, 0.3) is 5.65 Å². The maximum absolute atomic E-state index is 12.0. The third-order valence-electron chi connectivity index (χ3n) is 5.71. The second-order valence-corrected chi connectivity index (χ2v) is 7.72. The topological polar surface area (TPSA) is 82.5 Å². The molecule has 1 aliphatic rings. The van der Waals surface area contributed by atoms with E-state index in [1.807, 2.05) is 30.5 Å². The summed E-state index contributed by atoms with van der Waals surface area (Å²) in [4.78, 5) is 33.5. The first-order chi connectivity index (χ1) is 14.5. The van der Waals surface area contributed by atoms with Crippen LogP contribution in [-0.2, 0) is 12.8 Å². The van der Waals surface area contributed by atoms with Crippen LogP contribution in [0.5, 0.6) is 0 Å². The highest BCUT2D eigenvalue weighted by atomic mass is 16.1. The van der Waals surface area contributed by atoms with Gasteiger partial charge in [0.2, 0.25) is 0 Å². The number of aromatic nitrogens is 3. The smallest absolute Gasteiger partial charge is 0.269 e. The zero-order valence-corrected chi connectivity index (χ0v) is 17.7. The number of fused-ring (bicyclic) bond motifs is 1. The van der Waals surface area contributed by atoms with Crippen molar-refractivity contribution >= 4 is 17.2 Å². The number of aromatic amines is 1. The van der Waals surface area contributed by atoms with Crippen molar-refractivity contribution in [2.45, 2.75) is 33.1 Å². The molecule has 156 valence electrons. The van der Waals surface area contributed by atoms with E-state index in [4.69, 9.17) is 0 Å². The summed E-state index contributed by atoms with van der Waals surface area (Å²) in [7, 11) is 1.61. The molecule has 0 unspecified atom stereocenters. The van der Waals surface area contributed by atoms with Gasteiger partial charge in [-0.25, -0.2) is 4.98 Å². The van der Waals surface area contributed by atoms with Crippen LogP contribution in [0.3, 0.4) is 0 Å². The minimum absolute atomic E-state index is 0.00594. The molecule has 30 heavy (non-hydrogen) atoms. The van der Waals surface area contributed by atoms with Gasteiger partial charge in [0.15, 0.2) is 0 Å². The molecule has 7 nitrogen and oxygen atoms in total. The lowest BCUT2D eigenvalue weighted by molar-refractivity contribution is 0.0958. The normalized spacial score (nSPS) is 14.1. The molecule has 1 aliphatic heterocycles. The van der Waals surface area contributed by atoms with Crippen LogP contribution in [0.15, 0.2) is 47.0 Å². The molecule has 1 amide bonds. The number of nitrogens with one attached hydrogen (secondary N) is 2. The maximum Gasteiger partial charge on any atom is 0.269 e. The van der Waals surface area contributed by atoms with Crippen molar-refractivity contribution in [2.75, 3.05) is 25.0 Å². The van der Waals surface area contributed by atoms with Gasteiger partial charge >= 0.3 is 0 Å². The molecule has 0 fully saturated rings. The molecule has 4 heterocycles. The van der Waals surface area contributed by atoms with Gasteiger partial charge in [-0.05, 0) is 49.9 Å². The third-order valence-corrected chi connectivity index (χ3v) is 5.71. The SMILES string of the molecule is CCc1cn2cc(CC3=CCN(c4ccc(C(=O)NC)nc4C)CC3)cc2[nH]c1=O. The van der Waals surface area contributed by atoms with Crippen LogP contribution in [0, 0.1) is 6.92 Å². The Morgan fingerprint density at radius 3 is 2.80 bits per heavy atom. The van der Waals surface area contributed by atoms with Crippen molar-refractivity contribution < 1.29 is 4.79 Å². The molecule has 0 spiro atoms. The minimum atomic E-state index is -0.169. The van der Waals surface area contributed by atoms with E-state index in [1.165, 1.54) is 11.1 Å². The number of rotatable bonds is 5. The lowest BCUT2D eigenvalue weighted by Crippen LogP contribution is -2.30. The first kappa shape index (κ1) is 19.9. The van der Waals surface area contributed by atoms with Gasteiger partial charge in [-0.15, -0.1) is 0 Å². The monoisotopic (exact) mass is 405 g/mol. The van der Waals surface area contributed by atoms with E-state index in [0.29, 0.717) is 5.69 Å². The molecule has 0 saturated carbocycles. The Bertz CT molecular complexity index is 1190. The average Bonchev–Trinajstić information content (AvgIpc) is 3.14. The second-order valence-electron chi connectivity index (χ2n) is 7.72. The van der Waals surface area contributed by atoms with Crippen LogP contribution in [0.4, 0.5) is 5.69 Å². The van der Waals surface area contributed by atoms with Crippen molar-refractivity contribution in [3.63, 3.8) is 0 Å². The number of hydrogen-bond acceptors (Lipinski definition) is 4. The van der Waals surface area contributed by atoms with Gasteiger partial charge in [-0.3, -0.25) is 9.59 Å². The number of carbonyl (C=O) groups is 1. The van der Waals surface area contributed by atoms with E-state index in [1.54, 1.807) is 13.1 Å². The van der Waals surface area contributed by atoms with Gasteiger partial charge < -0.3 is 19.6 Å². The van der Waals surface area contributed by atoms with E-state index >= 15 is 0 Å². The van der Waals surface area contributed by atoms with Crippen molar-refractivity contribution in [1.82, 2.24) is 19.7 Å². The average molecular weight is 406 g/mol. The van der Waals surface area contributed by atoms with E-state index in [2.05, 4.69) is 38.5 Å². The van der Waals surface area contributed by atoms with E-state index < -0.39 is 0 Å². The Kier molecular flexibility index (Phi) is 5.44. The molecule has 0 bridgehead atoms. The van der Waals surface area contributed by atoms with Crippen molar-refractivity contribution in [2.24, 2.45) is 0 Å². The number of carbonyl (C=O) groups excluding carboxylic acids is 1. The molecule has 3 aromatic rings. The van der Waals surface area contributed by atoms with Gasteiger partial charge in [0.1, 0.15) is 11.3 Å². The van der Waals surface area contributed by atoms with Gasteiger partial charge in [0.25, 0.3) is 11.5 Å². The highest BCUT2D eigenvalue weighted by Crippen LogP contribution is 2.24. The molecule has 0 atom stereocenters. The Hall–Kier alpha value is -3.35. The van der Waals surface area contributed by atoms with Gasteiger partial charge in [-0.1, -0.05) is 18.6 Å². The fourth-order valence-electron chi connectivity index (χ4n) is 4.01. The van der Waals surface area contributed by atoms with Crippen LogP contribution < -0.4 is 15.8 Å². The quantitative estimate of drug-likeness (QED) is 0.640. The Balaban J connectivity index is 1.47. The standard InChI is InChI=1S/C23H27N5O2/c1-4-18-14-28-13-17(12-21(28)26-22(18)29)11-16-7-9-27(10-8-16)20-6-5-19(23(30)24-3)25-15(20)2/h5-7,12-14H,4,8-11H2,1-3H3,(H,24,30)(H,26,29). The zero-order valence-electron chi connectivity index (χ0n) is 17.7. The Labute approximate surface area is 175 Å². The summed E-state index contributed by atoms with van der Waals surface area (Å²) < 4.78 is 2.01. The second kappa shape index (κ2) is 8.18. The molecule has 0 radical (unpaired) electrons. The fraction of sp³-hybridized carbons (Fsp3) is 0.348. The first-order valence-electron chi connectivity index (χ1n) is 10.3. The lowest BCUT2D eigenvalue weighted by atomic mass is 10.0. The van der Waals surface area contributed by atoms with Crippen molar-refractivity contribution in [3.05, 3.63) is 75.1 Å². The summed E-state index contributed by atoms with van der Waals surface area (Å²) in [6, 6.07) is 5.81. The fourth-order valence-corrected chi connectivity index (χ4v) is 4.01. The summed E-state index contributed by atoms with van der Waals surface area (Å²) in [5.74, 6) is -0.169. The van der Waals surface area contributed by atoms with Crippen molar-refractivity contribution in [3.8, 4) is 0 Å². The molecule has 3 aromatic heterocycles. The number of H-pyrrole nitrogens is 1. The lowest BCUT2D eigenvalue weighted by Gasteiger charge is -2.29. The van der Waals surface area contributed by atoms with E-state index in [9.17, 15) is 9.59 Å². The Morgan fingerprint density at radius 2 is 2.13 bits per heavy atom. The molecular formula is C23H27N5O2. The highest BCUT2D eigenvalue weighted by Gasteiger charge is 2.17. The largest absolute Gasteiger partial charge is 0.366 e. The highest BCUT2D eigenvalue weighted by molar-refractivity contribution is 5.92. The number of pyridine rings is 1. The summed E-state index contributed by atoms with van der Waals surface area (Å²) in [6.07, 6.45) is 8.87. The third kappa shape index (κ3) is 3.87. The predicted molar refractivity (Wildman–Crippen MR) is 118 cm³/mol. The molecular weight excluding hydrogens is 378 g/mol. The molecule has 0 saturated heterocycles. The summed E-state index contributed by atoms with van der Waals surface area (Å²) in [5.41, 5.74) is 6.59. The van der Waals surface area contributed by atoms with Crippen LogP contribution in [0.1, 0.15) is 40.7 Å². The van der Waals surface area contributed by atoms with E-state index in [0.717, 1.165) is 54.9 Å². The summed E-state index contributed by atoms with van der Waals surface area (Å²) in [5, 5.41) is 2.61. The predicted octanol–water partition coefficient (Wildman–Crippen LogP) is 2.63. The van der Waals surface area contributed by atoms with Crippen LogP contribution in [-0.4, -0.2) is 40.4 Å². The van der Waals surface area contributed by atoms with Crippen LogP contribution in [0.2, 0.25) is 0 Å². The maximum atomic E-state index is 12.0. The zero-order chi connectivity index (χ0) is 21.3. The van der Waals surface area contributed by atoms with Crippen LogP contribution >= 0.6 is 0 Å². The molecule has 0 aliphatic carbocycles.